The van der Waals surface area contributed by atoms with Gasteiger partial charge < -0.3 is 14.3 Å². The van der Waals surface area contributed by atoms with E-state index in [4.69, 9.17) is 4.52 Å². The van der Waals surface area contributed by atoms with E-state index >= 15 is 0 Å². The van der Waals surface area contributed by atoms with Crippen LogP contribution in [0.25, 0.3) is 0 Å². The summed E-state index contributed by atoms with van der Waals surface area (Å²) in [6.45, 7) is 15.2. The van der Waals surface area contributed by atoms with Crippen LogP contribution in [-0.4, -0.2) is 27.5 Å². The van der Waals surface area contributed by atoms with Gasteiger partial charge in [0.25, 0.3) is 0 Å². The van der Waals surface area contributed by atoms with Crippen LogP contribution < -0.4 is 0 Å². The molecule has 0 spiro atoms. The van der Waals surface area contributed by atoms with Crippen LogP contribution >= 0.6 is 15.0 Å². The van der Waals surface area contributed by atoms with Gasteiger partial charge in [0.1, 0.15) is 4.90 Å². The van der Waals surface area contributed by atoms with E-state index < -0.39 is 19.9 Å². The SMILES string of the molecule is CCOP(=O)(CC/C=C(\C)CC/C=C(\C)CC/C=C(\C)CCC=C(C)C)C(C)(C)P(=O)(O)O. The average molecular weight is 503 g/mol. The van der Waals surface area contributed by atoms with E-state index in [0.717, 1.165) is 38.5 Å². The molecule has 0 aliphatic carbocycles. The highest BCUT2D eigenvalue weighted by molar-refractivity contribution is 7.75. The predicted octanol–water partition coefficient (Wildman–Crippen LogP) is 8.75. The summed E-state index contributed by atoms with van der Waals surface area (Å²) in [7, 11) is -8.06. The third kappa shape index (κ3) is 12.5. The third-order valence-corrected chi connectivity index (χ3v) is 12.3. The fourth-order valence-corrected chi connectivity index (χ4v) is 7.31. The molecule has 2 N–H and O–H groups in total. The van der Waals surface area contributed by atoms with Crippen molar-refractivity contribution in [2.24, 2.45) is 0 Å². The number of hydrogen-bond donors (Lipinski definition) is 2. The lowest BCUT2D eigenvalue weighted by molar-refractivity contribution is 0.307. The molecule has 0 aliphatic heterocycles. The molecule has 192 valence electrons. The van der Waals surface area contributed by atoms with Crippen molar-refractivity contribution in [2.75, 3.05) is 12.8 Å². The van der Waals surface area contributed by atoms with Crippen molar-refractivity contribution in [1.29, 1.82) is 0 Å². The number of rotatable bonds is 16. The van der Waals surface area contributed by atoms with Gasteiger partial charge in [-0.15, -0.1) is 0 Å². The summed E-state index contributed by atoms with van der Waals surface area (Å²) in [5, 5.41) is 0. The smallest absolute Gasteiger partial charge is 0.328 e. The summed E-state index contributed by atoms with van der Waals surface area (Å²) >= 11 is 0. The molecule has 0 heterocycles. The Morgan fingerprint density at radius 1 is 0.758 bits per heavy atom. The number of hydrogen-bond acceptors (Lipinski definition) is 3. The first-order chi connectivity index (χ1) is 15.2. The van der Waals surface area contributed by atoms with Gasteiger partial charge in [0.05, 0.1) is 6.61 Å². The van der Waals surface area contributed by atoms with E-state index in [2.05, 4.69) is 45.9 Å². The van der Waals surface area contributed by atoms with Crippen LogP contribution in [0.5, 0.6) is 0 Å². The van der Waals surface area contributed by atoms with Crippen molar-refractivity contribution in [3.05, 3.63) is 46.6 Å². The highest BCUT2D eigenvalue weighted by atomic mass is 31.2. The van der Waals surface area contributed by atoms with E-state index in [1.807, 2.05) is 13.0 Å². The van der Waals surface area contributed by atoms with Crippen LogP contribution in [0.1, 0.15) is 100 Å². The van der Waals surface area contributed by atoms with E-state index in [0.29, 0.717) is 6.42 Å². The van der Waals surface area contributed by atoms with Crippen LogP contribution in [0.3, 0.4) is 0 Å². The van der Waals surface area contributed by atoms with Gasteiger partial charge in [0, 0.05) is 6.16 Å². The molecule has 5 nitrogen and oxygen atoms in total. The van der Waals surface area contributed by atoms with E-state index in [1.165, 1.54) is 36.1 Å². The zero-order valence-corrected chi connectivity index (χ0v) is 24.0. The first-order valence-corrected chi connectivity index (χ1v) is 15.5. The highest BCUT2D eigenvalue weighted by Crippen LogP contribution is 2.73. The molecule has 0 saturated heterocycles. The summed E-state index contributed by atoms with van der Waals surface area (Å²) in [4.78, 5) is 17.6. The van der Waals surface area contributed by atoms with Crippen LogP contribution in [0.15, 0.2) is 46.6 Å². The normalized spacial score (nSPS) is 16.0. The van der Waals surface area contributed by atoms with Gasteiger partial charge in [0.2, 0.25) is 7.37 Å². The molecule has 0 saturated carbocycles. The Morgan fingerprint density at radius 3 is 1.52 bits per heavy atom. The van der Waals surface area contributed by atoms with Gasteiger partial charge in [-0.1, -0.05) is 46.6 Å². The molecule has 0 aromatic carbocycles. The Balaban J connectivity index is 4.63. The minimum absolute atomic E-state index is 0.129. The largest absolute Gasteiger partial charge is 0.340 e. The lowest BCUT2D eigenvalue weighted by atomic mass is 10.0. The molecule has 0 rings (SSSR count). The molecular weight excluding hydrogens is 454 g/mol. The van der Waals surface area contributed by atoms with Crippen molar-refractivity contribution in [1.82, 2.24) is 0 Å². The molecule has 1 unspecified atom stereocenters. The van der Waals surface area contributed by atoms with Crippen molar-refractivity contribution in [3.8, 4) is 0 Å². The molecule has 0 aliphatic rings. The first-order valence-electron chi connectivity index (χ1n) is 12.1. The molecule has 0 radical (unpaired) electrons. The Hall–Kier alpha value is -0.700. The zero-order chi connectivity index (χ0) is 25.7. The highest BCUT2D eigenvalue weighted by Gasteiger charge is 2.53. The van der Waals surface area contributed by atoms with Crippen molar-refractivity contribution in [2.45, 2.75) is 105 Å². The van der Waals surface area contributed by atoms with Crippen molar-refractivity contribution < 1.29 is 23.4 Å². The molecule has 0 bridgehead atoms. The second kappa shape index (κ2) is 15.3. The fourth-order valence-electron chi connectivity index (χ4n) is 3.37. The minimum Gasteiger partial charge on any atom is -0.328 e. The topological polar surface area (TPSA) is 83.8 Å². The molecule has 0 amide bonds. The molecule has 33 heavy (non-hydrogen) atoms. The van der Waals surface area contributed by atoms with E-state index in [1.54, 1.807) is 6.92 Å². The van der Waals surface area contributed by atoms with Crippen molar-refractivity contribution >= 4 is 15.0 Å². The monoisotopic (exact) mass is 502 g/mol. The van der Waals surface area contributed by atoms with Gasteiger partial charge in [0.15, 0.2) is 0 Å². The Labute approximate surface area is 203 Å². The maximum absolute atomic E-state index is 13.2. The summed E-state index contributed by atoms with van der Waals surface area (Å²) in [6, 6.07) is 0. The standard InChI is InChI=1S/C26H48O5P2/c1-9-31-32(27,26(7,8)33(28,29)30)21-13-20-25(6)19-12-18-24(5)17-11-16-23(4)15-10-14-22(2)3/h14,16,18,20H,9-13,15,17,19,21H2,1-8H3,(H2,28,29,30)/b23-16+,24-18+,25-20+. The average Bonchev–Trinajstić information content (AvgIpc) is 2.67. The summed E-state index contributed by atoms with van der Waals surface area (Å²) < 4.78 is 30.5. The summed E-state index contributed by atoms with van der Waals surface area (Å²) in [5.41, 5.74) is 5.40. The van der Waals surface area contributed by atoms with Crippen LogP contribution in [0.2, 0.25) is 0 Å². The number of allylic oxidation sites excluding steroid dienone is 8. The van der Waals surface area contributed by atoms with Crippen LogP contribution in [0.4, 0.5) is 0 Å². The van der Waals surface area contributed by atoms with Crippen LogP contribution in [0, 0.1) is 0 Å². The Bertz CT molecular complexity index is 809. The maximum Gasteiger partial charge on any atom is 0.340 e. The third-order valence-electron chi connectivity index (χ3n) is 5.95. The van der Waals surface area contributed by atoms with Gasteiger partial charge in [-0.05, 0) is 100 Å². The van der Waals surface area contributed by atoms with Crippen LogP contribution in [-0.2, 0) is 13.7 Å². The molecule has 0 fully saturated rings. The van der Waals surface area contributed by atoms with Gasteiger partial charge in [-0.2, -0.15) is 0 Å². The molecular formula is C26H48O5P2. The zero-order valence-electron chi connectivity index (χ0n) is 22.2. The Kier molecular flexibility index (Phi) is 15.0. The van der Waals surface area contributed by atoms with Gasteiger partial charge >= 0.3 is 7.60 Å². The lowest BCUT2D eigenvalue weighted by Crippen LogP contribution is -2.23. The Morgan fingerprint density at radius 2 is 1.15 bits per heavy atom. The lowest BCUT2D eigenvalue weighted by Gasteiger charge is -2.34. The molecule has 0 aromatic rings. The fraction of sp³-hybridized carbons (Fsp3) is 0.692. The van der Waals surface area contributed by atoms with Crippen molar-refractivity contribution in [3.63, 3.8) is 0 Å². The second-order valence-corrected chi connectivity index (χ2v) is 15.4. The molecule has 1 atom stereocenters. The van der Waals surface area contributed by atoms with E-state index in [9.17, 15) is 18.9 Å². The first kappa shape index (κ1) is 32.3. The van der Waals surface area contributed by atoms with E-state index in [-0.39, 0.29) is 12.8 Å². The predicted molar refractivity (Wildman–Crippen MR) is 143 cm³/mol. The molecule has 0 aromatic heterocycles. The second-order valence-electron chi connectivity index (χ2n) is 9.69. The summed E-state index contributed by atoms with van der Waals surface area (Å²) in [5.74, 6) is 0. The quantitative estimate of drug-likeness (QED) is 0.163. The maximum atomic E-state index is 13.2. The van der Waals surface area contributed by atoms with Gasteiger partial charge in [-0.3, -0.25) is 9.13 Å². The molecule has 7 heteroatoms. The summed E-state index contributed by atoms with van der Waals surface area (Å²) in [6.07, 6.45) is 15.8. The minimum atomic E-state index is -4.56. The van der Waals surface area contributed by atoms with Gasteiger partial charge in [-0.25, -0.2) is 0 Å².